The summed E-state index contributed by atoms with van der Waals surface area (Å²) >= 11 is 0. The van der Waals surface area contributed by atoms with Crippen LogP contribution in [0.4, 0.5) is 4.39 Å². The zero-order valence-electron chi connectivity index (χ0n) is 14.9. The van der Waals surface area contributed by atoms with Crippen LogP contribution in [0.25, 0.3) is 0 Å². The lowest BCUT2D eigenvalue weighted by atomic mass is 9.89. The van der Waals surface area contributed by atoms with Gasteiger partial charge in [-0.05, 0) is 61.7 Å². The molecule has 0 spiro atoms. The van der Waals surface area contributed by atoms with E-state index in [4.69, 9.17) is 14.2 Å². The predicted molar refractivity (Wildman–Crippen MR) is 97.5 cm³/mol. The Morgan fingerprint density at radius 3 is 2.59 bits per heavy atom. The monoisotopic (exact) mass is 371 g/mol. The van der Waals surface area contributed by atoms with Gasteiger partial charge in [0.05, 0.1) is 25.4 Å². The van der Waals surface area contributed by atoms with Gasteiger partial charge in [0.15, 0.2) is 0 Å². The molecule has 3 atom stereocenters. The number of ether oxygens (including phenoxy) is 3. The Hall–Kier alpha value is -2.44. The molecule has 1 amide bonds. The molecule has 1 heterocycles. The topological polar surface area (TPSA) is 56.8 Å². The Morgan fingerprint density at radius 1 is 1.00 bits per heavy atom. The molecule has 5 nitrogen and oxygen atoms in total. The summed E-state index contributed by atoms with van der Waals surface area (Å²) in [5.74, 6) is 0.584. The fraction of sp³-hybridized carbons (Fsp3) is 0.381. The van der Waals surface area contributed by atoms with Gasteiger partial charge < -0.3 is 19.5 Å². The highest BCUT2D eigenvalue weighted by Gasteiger charge is 2.34. The molecule has 2 aromatic carbocycles. The Bertz CT molecular complexity index is 795. The zero-order chi connectivity index (χ0) is 18.6. The number of rotatable bonds is 4. The Balaban J connectivity index is 1.38. The van der Waals surface area contributed by atoms with E-state index in [2.05, 4.69) is 5.32 Å². The van der Waals surface area contributed by atoms with Gasteiger partial charge in [-0.1, -0.05) is 6.07 Å². The highest BCUT2D eigenvalue weighted by atomic mass is 19.1. The Kier molecular flexibility index (Phi) is 5.36. The normalized spacial score (nSPS) is 24.7. The molecule has 1 saturated heterocycles. The molecule has 0 radical (unpaired) electrons. The number of hydrogen-bond donors (Lipinski definition) is 1. The second-order valence-corrected chi connectivity index (χ2v) is 6.89. The molecule has 6 heteroatoms. The van der Waals surface area contributed by atoms with E-state index < -0.39 is 0 Å². The quantitative estimate of drug-likeness (QED) is 0.891. The van der Waals surface area contributed by atoms with Crippen LogP contribution in [0.3, 0.4) is 0 Å². The van der Waals surface area contributed by atoms with Gasteiger partial charge in [-0.15, -0.1) is 0 Å². The largest absolute Gasteiger partial charge is 0.457 e. The number of nitrogens with one attached hydrogen (secondary N) is 1. The van der Waals surface area contributed by atoms with Crippen molar-refractivity contribution in [3.05, 3.63) is 59.9 Å². The third-order valence-corrected chi connectivity index (χ3v) is 4.96. The van der Waals surface area contributed by atoms with Gasteiger partial charge in [0.1, 0.15) is 17.3 Å². The predicted octanol–water partition coefficient (Wildman–Crippen LogP) is 3.68. The highest BCUT2D eigenvalue weighted by molar-refractivity contribution is 5.94. The lowest BCUT2D eigenvalue weighted by molar-refractivity contribution is -0.157. The minimum Gasteiger partial charge on any atom is -0.457 e. The van der Waals surface area contributed by atoms with Crippen LogP contribution in [0.2, 0.25) is 0 Å². The van der Waals surface area contributed by atoms with Crippen LogP contribution in [-0.4, -0.2) is 37.4 Å². The number of fused-ring (bicyclic) bond motifs is 1. The van der Waals surface area contributed by atoms with Crippen molar-refractivity contribution in [2.24, 2.45) is 0 Å². The number of benzene rings is 2. The first-order valence-corrected chi connectivity index (χ1v) is 9.25. The van der Waals surface area contributed by atoms with Crippen LogP contribution in [-0.2, 0) is 9.47 Å². The number of carbonyl (C=O) groups excluding carboxylic acids is 1. The molecule has 1 N–H and O–H groups in total. The lowest BCUT2D eigenvalue weighted by Crippen LogP contribution is -2.49. The van der Waals surface area contributed by atoms with E-state index in [0.717, 1.165) is 19.3 Å². The molecule has 4 rings (SSSR count). The molecule has 0 aromatic heterocycles. The molecule has 1 saturated carbocycles. The third kappa shape index (κ3) is 4.46. The van der Waals surface area contributed by atoms with Crippen LogP contribution in [0.15, 0.2) is 48.5 Å². The summed E-state index contributed by atoms with van der Waals surface area (Å²) in [6, 6.07) is 12.8. The van der Waals surface area contributed by atoms with Crippen molar-refractivity contribution < 1.29 is 23.4 Å². The summed E-state index contributed by atoms with van der Waals surface area (Å²) in [6.45, 7) is 1.27. The molecule has 27 heavy (non-hydrogen) atoms. The summed E-state index contributed by atoms with van der Waals surface area (Å²) < 4.78 is 30.2. The van der Waals surface area contributed by atoms with Crippen molar-refractivity contribution in [1.82, 2.24) is 5.32 Å². The van der Waals surface area contributed by atoms with Gasteiger partial charge in [-0.2, -0.15) is 0 Å². The van der Waals surface area contributed by atoms with Crippen LogP contribution >= 0.6 is 0 Å². The molecular formula is C21H22FNO4. The van der Waals surface area contributed by atoms with Gasteiger partial charge in [0.25, 0.3) is 5.91 Å². The van der Waals surface area contributed by atoms with Gasteiger partial charge in [-0.3, -0.25) is 4.79 Å². The van der Waals surface area contributed by atoms with Crippen molar-refractivity contribution in [2.75, 3.05) is 13.2 Å². The fourth-order valence-electron chi connectivity index (χ4n) is 3.61. The summed E-state index contributed by atoms with van der Waals surface area (Å²) in [7, 11) is 0. The van der Waals surface area contributed by atoms with Gasteiger partial charge >= 0.3 is 0 Å². The second-order valence-electron chi connectivity index (χ2n) is 6.89. The van der Waals surface area contributed by atoms with Crippen LogP contribution in [0, 0.1) is 5.82 Å². The Labute approximate surface area is 157 Å². The summed E-state index contributed by atoms with van der Waals surface area (Å²) in [6.07, 6.45) is 2.75. The van der Waals surface area contributed by atoms with Crippen molar-refractivity contribution >= 4 is 5.91 Å². The van der Waals surface area contributed by atoms with E-state index in [-0.39, 0.29) is 30.0 Å². The summed E-state index contributed by atoms with van der Waals surface area (Å²) in [4.78, 5) is 12.6. The molecular weight excluding hydrogens is 349 g/mol. The summed E-state index contributed by atoms with van der Waals surface area (Å²) in [5, 5.41) is 3.09. The summed E-state index contributed by atoms with van der Waals surface area (Å²) in [5.41, 5.74) is 0.526. The minimum atomic E-state index is -0.322. The van der Waals surface area contributed by atoms with E-state index in [9.17, 15) is 9.18 Å². The zero-order valence-corrected chi connectivity index (χ0v) is 14.9. The second kappa shape index (κ2) is 8.06. The van der Waals surface area contributed by atoms with E-state index in [1.54, 1.807) is 36.4 Å². The maximum absolute atomic E-state index is 13.0. The first-order valence-electron chi connectivity index (χ1n) is 9.25. The average Bonchev–Trinajstić information content (AvgIpc) is 2.70. The van der Waals surface area contributed by atoms with Crippen molar-refractivity contribution in [3.8, 4) is 11.5 Å². The smallest absolute Gasteiger partial charge is 0.251 e. The van der Waals surface area contributed by atoms with Gasteiger partial charge in [0, 0.05) is 11.6 Å². The molecule has 0 unspecified atom stereocenters. The van der Waals surface area contributed by atoms with Crippen molar-refractivity contribution in [1.29, 1.82) is 0 Å². The van der Waals surface area contributed by atoms with E-state index >= 15 is 0 Å². The standard InChI is InChI=1S/C21H22FNO4/c22-15-4-7-17(8-5-15)27-18-3-1-2-14(12-18)21(24)23-16-6-9-19-20(13-16)26-11-10-25-19/h1-5,7-8,12,16,19-20H,6,9-11,13H2,(H,23,24)/t16-,19+,20-/m1/s1. The van der Waals surface area contributed by atoms with E-state index in [1.165, 1.54) is 12.1 Å². The van der Waals surface area contributed by atoms with E-state index in [1.807, 2.05) is 0 Å². The number of halogens is 1. The molecule has 2 fully saturated rings. The van der Waals surface area contributed by atoms with Crippen molar-refractivity contribution in [3.63, 3.8) is 0 Å². The van der Waals surface area contributed by atoms with Gasteiger partial charge in [-0.25, -0.2) is 4.39 Å². The lowest BCUT2D eigenvalue weighted by Gasteiger charge is -2.39. The highest BCUT2D eigenvalue weighted by Crippen LogP contribution is 2.27. The SMILES string of the molecule is O=C(N[C@@H]1CC[C@@H]2OCCO[C@@H]2C1)c1cccc(Oc2ccc(F)cc2)c1. The Morgan fingerprint density at radius 2 is 1.78 bits per heavy atom. The molecule has 1 aliphatic carbocycles. The first-order chi connectivity index (χ1) is 13.2. The minimum absolute atomic E-state index is 0.0611. The number of carbonyl (C=O) groups is 1. The average molecular weight is 371 g/mol. The molecule has 2 aliphatic rings. The molecule has 142 valence electrons. The molecule has 1 aliphatic heterocycles. The maximum Gasteiger partial charge on any atom is 0.251 e. The maximum atomic E-state index is 13.0. The molecule has 0 bridgehead atoms. The van der Waals surface area contributed by atoms with Gasteiger partial charge in [0.2, 0.25) is 0 Å². The number of hydrogen-bond acceptors (Lipinski definition) is 4. The van der Waals surface area contributed by atoms with E-state index in [0.29, 0.717) is 30.3 Å². The number of amides is 1. The molecule has 2 aromatic rings. The first kappa shape index (κ1) is 17.9. The third-order valence-electron chi connectivity index (χ3n) is 4.96. The van der Waals surface area contributed by atoms with Crippen molar-refractivity contribution in [2.45, 2.75) is 37.5 Å². The van der Waals surface area contributed by atoms with Crippen LogP contribution in [0.1, 0.15) is 29.6 Å². The fourth-order valence-corrected chi connectivity index (χ4v) is 3.61. The van der Waals surface area contributed by atoms with Crippen LogP contribution in [0.5, 0.6) is 11.5 Å². The van der Waals surface area contributed by atoms with Crippen LogP contribution < -0.4 is 10.1 Å².